The van der Waals surface area contributed by atoms with Gasteiger partial charge in [0.05, 0.1) is 23.5 Å². The van der Waals surface area contributed by atoms with Crippen molar-refractivity contribution in [1.82, 2.24) is 15.1 Å². The van der Waals surface area contributed by atoms with E-state index in [4.69, 9.17) is 5.73 Å². The molecule has 1 aromatic heterocycles. The number of carbonyl (C=O) groups excluding carboxylic acids is 2. The number of hydrogen-bond donors (Lipinski definition) is 2. The van der Waals surface area contributed by atoms with Crippen molar-refractivity contribution in [3.8, 4) is 0 Å². The lowest BCUT2D eigenvalue weighted by Crippen LogP contribution is -2.39. The fourth-order valence-corrected chi connectivity index (χ4v) is 4.09. The van der Waals surface area contributed by atoms with Gasteiger partial charge >= 0.3 is 0 Å². The molecule has 6 nitrogen and oxygen atoms in total. The molecule has 1 aliphatic carbocycles. The summed E-state index contributed by atoms with van der Waals surface area (Å²) in [7, 11) is 0. The molecule has 0 bridgehead atoms. The van der Waals surface area contributed by atoms with Crippen LogP contribution in [0.1, 0.15) is 69.3 Å². The molecule has 2 aliphatic rings. The molecular weight excluding hydrogens is 316 g/mol. The van der Waals surface area contributed by atoms with Gasteiger partial charge in [0.25, 0.3) is 11.8 Å². The Labute approximate surface area is 146 Å². The largest absolute Gasteiger partial charge is 0.365 e. The van der Waals surface area contributed by atoms with Gasteiger partial charge in [0.1, 0.15) is 0 Å². The van der Waals surface area contributed by atoms with Gasteiger partial charge in [-0.2, -0.15) is 5.10 Å². The van der Waals surface area contributed by atoms with Crippen LogP contribution in [0.4, 0.5) is 0 Å². The van der Waals surface area contributed by atoms with Gasteiger partial charge in [0.15, 0.2) is 0 Å². The molecule has 4 rings (SSSR count). The second kappa shape index (κ2) is 6.35. The van der Waals surface area contributed by atoms with E-state index in [1.165, 1.54) is 17.3 Å². The second-order valence-electron chi connectivity index (χ2n) is 6.91. The number of aromatic amines is 1. The highest BCUT2D eigenvalue weighted by Gasteiger charge is 2.32. The lowest BCUT2D eigenvalue weighted by atomic mass is 9.95. The minimum Gasteiger partial charge on any atom is -0.365 e. The zero-order valence-electron chi connectivity index (χ0n) is 14.1. The van der Waals surface area contributed by atoms with Crippen LogP contribution in [0.25, 0.3) is 0 Å². The number of piperidine rings is 1. The Hall–Kier alpha value is -2.63. The number of fused-ring (bicyclic) bond motifs is 1. The lowest BCUT2D eigenvalue weighted by molar-refractivity contribution is 0.0603. The summed E-state index contributed by atoms with van der Waals surface area (Å²) in [6.45, 7) is 0.678. The van der Waals surface area contributed by atoms with Gasteiger partial charge in [-0.15, -0.1) is 0 Å². The molecule has 0 radical (unpaired) electrons. The monoisotopic (exact) mass is 338 g/mol. The Kier molecular flexibility index (Phi) is 4.03. The number of carbonyl (C=O) groups is 2. The average Bonchev–Trinajstić information content (AvgIpc) is 3.29. The molecule has 0 saturated carbocycles. The van der Waals surface area contributed by atoms with Gasteiger partial charge in [-0.25, -0.2) is 0 Å². The first-order valence-corrected chi connectivity index (χ1v) is 8.91. The van der Waals surface area contributed by atoms with E-state index in [0.717, 1.165) is 44.1 Å². The van der Waals surface area contributed by atoms with E-state index in [1.54, 1.807) is 0 Å². The Morgan fingerprint density at radius 2 is 2.00 bits per heavy atom. The van der Waals surface area contributed by atoms with E-state index in [0.29, 0.717) is 17.8 Å². The second-order valence-corrected chi connectivity index (χ2v) is 6.91. The van der Waals surface area contributed by atoms with Crippen molar-refractivity contribution < 1.29 is 9.59 Å². The summed E-state index contributed by atoms with van der Waals surface area (Å²) in [5.74, 6) is -0.497. The van der Waals surface area contributed by atoms with E-state index in [2.05, 4.69) is 16.3 Å². The predicted molar refractivity (Wildman–Crippen MR) is 93.2 cm³/mol. The van der Waals surface area contributed by atoms with Gasteiger partial charge in [-0.3, -0.25) is 14.7 Å². The molecule has 1 aromatic carbocycles. The fourth-order valence-electron chi connectivity index (χ4n) is 4.09. The summed E-state index contributed by atoms with van der Waals surface area (Å²) in [5, 5.41) is 6.86. The average molecular weight is 338 g/mol. The first-order valence-electron chi connectivity index (χ1n) is 8.91. The number of aromatic nitrogens is 2. The van der Waals surface area contributed by atoms with E-state index in [-0.39, 0.29) is 11.9 Å². The SMILES string of the molecule is NC(=O)c1cn[nH]c1C1CCCCN1C(=O)c1ccc2c(c1)CCC2. The molecule has 6 heteroatoms. The number of amides is 2. The molecule has 2 heterocycles. The topological polar surface area (TPSA) is 92.1 Å². The molecule has 0 spiro atoms. The molecule has 130 valence electrons. The number of aryl methyl sites for hydroxylation is 2. The summed E-state index contributed by atoms with van der Waals surface area (Å²) in [6, 6.07) is 5.87. The van der Waals surface area contributed by atoms with Gasteiger partial charge in [0.2, 0.25) is 0 Å². The number of H-pyrrole nitrogens is 1. The van der Waals surface area contributed by atoms with E-state index >= 15 is 0 Å². The van der Waals surface area contributed by atoms with Crippen molar-refractivity contribution in [2.45, 2.75) is 44.6 Å². The zero-order valence-corrected chi connectivity index (χ0v) is 14.1. The van der Waals surface area contributed by atoms with Crippen molar-refractivity contribution >= 4 is 11.8 Å². The number of benzene rings is 1. The molecule has 25 heavy (non-hydrogen) atoms. The molecular formula is C19H22N4O2. The van der Waals surface area contributed by atoms with Crippen LogP contribution in [-0.4, -0.2) is 33.5 Å². The Morgan fingerprint density at radius 3 is 2.84 bits per heavy atom. The first kappa shape index (κ1) is 15.9. The quantitative estimate of drug-likeness (QED) is 0.900. The maximum atomic E-state index is 13.2. The van der Waals surface area contributed by atoms with E-state index < -0.39 is 5.91 Å². The standard InChI is InChI=1S/C19H22N4O2/c20-18(24)15-11-21-22-17(15)16-6-1-2-9-23(16)19(25)14-8-7-12-4-3-5-13(12)10-14/h7-8,10-11,16H,1-6,9H2,(H2,20,24)(H,21,22). The number of nitrogens with one attached hydrogen (secondary N) is 1. The van der Waals surface area contributed by atoms with Crippen LogP contribution in [0.15, 0.2) is 24.4 Å². The molecule has 1 fully saturated rings. The summed E-state index contributed by atoms with van der Waals surface area (Å²) in [5.41, 5.74) is 9.86. The van der Waals surface area contributed by atoms with Gasteiger partial charge in [-0.1, -0.05) is 6.07 Å². The lowest BCUT2D eigenvalue weighted by Gasteiger charge is -2.35. The number of rotatable bonds is 3. The van der Waals surface area contributed by atoms with Crippen LogP contribution in [0.3, 0.4) is 0 Å². The van der Waals surface area contributed by atoms with Gasteiger partial charge in [-0.05, 0) is 61.8 Å². The van der Waals surface area contributed by atoms with Crippen LogP contribution in [0, 0.1) is 0 Å². The van der Waals surface area contributed by atoms with Gasteiger partial charge in [0, 0.05) is 12.1 Å². The number of nitrogens with zero attached hydrogens (tertiary/aromatic N) is 2. The van der Waals surface area contributed by atoms with E-state index in [1.807, 2.05) is 17.0 Å². The van der Waals surface area contributed by atoms with Crippen LogP contribution < -0.4 is 5.73 Å². The highest BCUT2D eigenvalue weighted by atomic mass is 16.2. The highest BCUT2D eigenvalue weighted by Crippen LogP contribution is 2.33. The van der Waals surface area contributed by atoms with Crippen LogP contribution in [-0.2, 0) is 12.8 Å². The van der Waals surface area contributed by atoms with Crippen LogP contribution >= 0.6 is 0 Å². The molecule has 1 unspecified atom stereocenters. The third-order valence-corrected chi connectivity index (χ3v) is 5.38. The first-order chi connectivity index (χ1) is 12.1. The highest BCUT2D eigenvalue weighted by molar-refractivity contribution is 5.96. The Balaban J connectivity index is 1.66. The Morgan fingerprint density at radius 1 is 1.16 bits per heavy atom. The molecule has 1 aliphatic heterocycles. The summed E-state index contributed by atoms with van der Waals surface area (Å²) < 4.78 is 0. The zero-order chi connectivity index (χ0) is 17.4. The minimum absolute atomic E-state index is 0.0180. The smallest absolute Gasteiger partial charge is 0.254 e. The normalized spacial score (nSPS) is 19.7. The number of likely N-dealkylation sites (tertiary alicyclic amines) is 1. The van der Waals surface area contributed by atoms with Crippen molar-refractivity contribution in [3.05, 3.63) is 52.3 Å². The third-order valence-electron chi connectivity index (χ3n) is 5.38. The molecule has 1 saturated heterocycles. The predicted octanol–water partition coefficient (Wildman–Crippen LogP) is 2.36. The van der Waals surface area contributed by atoms with Crippen molar-refractivity contribution in [3.63, 3.8) is 0 Å². The van der Waals surface area contributed by atoms with Crippen molar-refractivity contribution in [2.24, 2.45) is 5.73 Å². The van der Waals surface area contributed by atoms with Crippen molar-refractivity contribution in [2.75, 3.05) is 6.54 Å². The molecule has 2 amide bonds. The summed E-state index contributed by atoms with van der Waals surface area (Å²) >= 11 is 0. The fraction of sp³-hybridized carbons (Fsp3) is 0.421. The minimum atomic E-state index is -0.515. The number of hydrogen-bond acceptors (Lipinski definition) is 3. The molecule has 3 N–H and O–H groups in total. The summed E-state index contributed by atoms with van der Waals surface area (Å²) in [4.78, 5) is 26.7. The van der Waals surface area contributed by atoms with E-state index in [9.17, 15) is 9.59 Å². The molecule has 2 aromatic rings. The number of primary amides is 1. The maximum absolute atomic E-state index is 13.2. The third kappa shape index (κ3) is 2.81. The van der Waals surface area contributed by atoms with Gasteiger partial charge < -0.3 is 10.6 Å². The summed E-state index contributed by atoms with van der Waals surface area (Å²) in [6.07, 6.45) is 7.54. The maximum Gasteiger partial charge on any atom is 0.254 e. The van der Waals surface area contributed by atoms with Crippen molar-refractivity contribution in [1.29, 1.82) is 0 Å². The Bertz CT molecular complexity index is 827. The number of nitrogens with two attached hydrogens (primary N) is 1. The molecule has 1 atom stereocenters. The van der Waals surface area contributed by atoms with Crippen LogP contribution in [0.2, 0.25) is 0 Å². The van der Waals surface area contributed by atoms with Crippen LogP contribution in [0.5, 0.6) is 0 Å².